The normalized spacial score (nSPS) is 16.1. The maximum atomic E-state index is 11.6. The number of rotatable bonds is 26. The van der Waals surface area contributed by atoms with Gasteiger partial charge in [0, 0.05) is 6.61 Å². The van der Waals surface area contributed by atoms with Crippen LogP contribution in [0.4, 0.5) is 0 Å². The highest BCUT2D eigenvalue weighted by molar-refractivity contribution is 7.47. The molecule has 0 aliphatic carbocycles. The second-order valence-electron chi connectivity index (χ2n) is 8.89. The first-order valence-corrected chi connectivity index (χ1v) is 15.5. The molecule has 0 fully saturated rings. The molecule has 39 heavy (non-hydrogen) atoms. The Kier molecular flexibility index (Phi) is 26.8. The zero-order valence-corrected chi connectivity index (χ0v) is 24.5. The maximum absolute atomic E-state index is 11.6. The smallest absolute Gasteiger partial charge is 0.394 e. The van der Waals surface area contributed by atoms with Crippen LogP contribution < -0.4 is 0 Å². The number of aliphatic hydroxyl groups is 3. The van der Waals surface area contributed by atoms with E-state index in [0.29, 0.717) is 6.61 Å². The summed E-state index contributed by atoms with van der Waals surface area (Å²) in [4.78, 5) is 9.42. The average molecular weight is 571 g/mol. The first-order chi connectivity index (χ1) is 18.9. The summed E-state index contributed by atoms with van der Waals surface area (Å²) in [7, 11) is -4.40. The van der Waals surface area contributed by atoms with E-state index in [1.54, 1.807) is 0 Å². The number of aliphatic hydroxyl groups excluding tert-OH is 3. The molecule has 9 heteroatoms. The summed E-state index contributed by atoms with van der Waals surface area (Å²) in [6.07, 6.45) is 33.9. The quantitative estimate of drug-likeness (QED) is 0.0558. The standard InChI is InChI=1S/C30H51O8P/c1-2-3-4-5-6-7-8-9-10-11-12-13-14-15-16-17-18-19-20-21-22-23-24-36-26-30(33)28-38-39(34,35)37-27-29(32)25-31/h3-4,6-7,9-10,12-13,15-16,18-19,29-33H,2,5,8,11,14,17,20-28H2,1H3,(H,34,35)/b4-3-,7-6-,10-9-,13-12-,16-15-,19-18-. The van der Waals surface area contributed by atoms with Crippen LogP contribution in [-0.4, -0.2) is 65.5 Å². The number of hydrogen-bond acceptors (Lipinski definition) is 7. The van der Waals surface area contributed by atoms with Crippen LogP contribution in [0.2, 0.25) is 0 Å². The Bertz CT molecular complexity index is 773. The molecule has 0 saturated carbocycles. The zero-order valence-electron chi connectivity index (χ0n) is 23.6. The van der Waals surface area contributed by atoms with E-state index < -0.39 is 39.9 Å². The Morgan fingerprint density at radius 2 is 1.10 bits per heavy atom. The summed E-state index contributed by atoms with van der Waals surface area (Å²) in [5.74, 6) is 0. The predicted molar refractivity (Wildman–Crippen MR) is 158 cm³/mol. The lowest BCUT2D eigenvalue weighted by Crippen LogP contribution is -2.23. The van der Waals surface area contributed by atoms with Crippen LogP contribution >= 0.6 is 7.82 Å². The minimum absolute atomic E-state index is 0.0214. The van der Waals surface area contributed by atoms with Gasteiger partial charge in [-0.3, -0.25) is 9.05 Å². The van der Waals surface area contributed by atoms with E-state index in [4.69, 9.17) is 14.9 Å². The van der Waals surface area contributed by atoms with Gasteiger partial charge < -0.3 is 24.9 Å². The maximum Gasteiger partial charge on any atom is 0.472 e. The molecule has 0 radical (unpaired) electrons. The minimum atomic E-state index is -4.40. The van der Waals surface area contributed by atoms with Crippen LogP contribution in [0.15, 0.2) is 72.9 Å². The molecular formula is C30H51O8P. The highest BCUT2D eigenvalue weighted by Gasteiger charge is 2.24. The summed E-state index contributed by atoms with van der Waals surface area (Å²) in [5.41, 5.74) is 0. The number of unbranched alkanes of at least 4 members (excludes halogenated alkanes) is 3. The number of allylic oxidation sites excluding steroid dienone is 12. The fourth-order valence-electron chi connectivity index (χ4n) is 3.00. The number of phosphoric ester groups is 1. The van der Waals surface area contributed by atoms with Gasteiger partial charge in [-0.1, -0.05) is 86.3 Å². The van der Waals surface area contributed by atoms with Crippen LogP contribution in [-0.2, 0) is 18.3 Å². The van der Waals surface area contributed by atoms with Gasteiger partial charge in [-0.15, -0.1) is 0 Å². The third kappa shape index (κ3) is 29.2. The fraction of sp³-hybridized carbons (Fsp3) is 0.600. The van der Waals surface area contributed by atoms with Crippen molar-refractivity contribution in [3.63, 3.8) is 0 Å². The molecule has 0 rings (SSSR count). The highest BCUT2D eigenvalue weighted by Crippen LogP contribution is 2.43. The topological polar surface area (TPSA) is 126 Å². The Balaban J connectivity index is 3.58. The van der Waals surface area contributed by atoms with Crippen molar-refractivity contribution in [3.05, 3.63) is 72.9 Å². The summed E-state index contributed by atoms with van der Waals surface area (Å²) in [6, 6.07) is 0. The third-order valence-corrected chi connectivity index (χ3v) is 6.09. The van der Waals surface area contributed by atoms with E-state index in [1.807, 2.05) is 0 Å². The number of hydrogen-bond donors (Lipinski definition) is 4. The Hall–Kier alpha value is -1.61. The summed E-state index contributed by atoms with van der Waals surface area (Å²) in [5, 5.41) is 27.5. The first kappa shape index (κ1) is 37.4. The van der Waals surface area contributed by atoms with E-state index in [9.17, 15) is 14.6 Å². The van der Waals surface area contributed by atoms with Gasteiger partial charge in [0.2, 0.25) is 0 Å². The van der Waals surface area contributed by atoms with Crippen LogP contribution in [0.1, 0.15) is 71.1 Å². The van der Waals surface area contributed by atoms with Crippen molar-refractivity contribution in [3.8, 4) is 0 Å². The number of phosphoric acid groups is 1. The van der Waals surface area contributed by atoms with E-state index >= 15 is 0 Å². The lowest BCUT2D eigenvalue weighted by molar-refractivity contribution is -0.00435. The molecule has 0 aromatic heterocycles. The third-order valence-electron chi connectivity index (χ3n) is 5.14. The van der Waals surface area contributed by atoms with Crippen molar-refractivity contribution in [1.82, 2.24) is 0 Å². The second kappa shape index (κ2) is 27.9. The van der Waals surface area contributed by atoms with Gasteiger partial charge in [0.05, 0.1) is 26.4 Å². The minimum Gasteiger partial charge on any atom is -0.394 e. The van der Waals surface area contributed by atoms with E-state index in [0.717, 1.165) is 64.2 Å². The molecule has 3 atom stereocenters. The van der Waals surface area contributed by atoms with Gasteiger partial charge in [0.25, 0.3) is 0 Å². The number of ether oxygens (including phenoxy) is 1. The van der Waals surface area contributed by atoms with E-state index in [1.165, 1.54) is 0 Å². The molecule has 0 bridgehead atoms. The van der Waals surface area contributed by atoms with Gasteiger partial charge in [0.1, 0.15) is 12.2 Å². The highest BCUT2D eigenvalue weighted by atomic mass is 31.2. The largest absolute Gasteiger partial charge is 0.472 e. The Morgan fingerprint density at radius 1 is 0.641 bits per heavy atom. The molecule has 3 unspecified atom stereocenters. The molecule has 4 N–H and O–H groups in total. The molecular weight excluding hydrogens is 519 g/mol. The average Bonchev–Trinajstić information content (AvgIpc) is 2.93. The first-order valence-electron chi connectivity index (χ1n) is 14.0. The van der Waals surface area contributed by atoms with Gasteiger partial charge in [-0.25, -0.2) is 4.57 Å². The molecule has 0 amide bonds. The monoisotopic (exact) mass is 570 g/mol. The molecule has 0 saturated heterocycles. The summed E-state index contributed by atoms with van der Waals surface area (Å²) >= 11 is 0. The molecule has 0 heterocycles. The molecule has 8 nitrogen and oxygen atoms in total. The summed E-state index contributed by atoms with van der Waals surface area (Å²) in [6.45, 7) is 1.02. The van der Waals surface area contributed by atoms with Gasteiger partial charge in [0.15, 0.2) is 0 Å². The molecule has 0 aliphatic heterocycles. The van der Waals surface area contributed by atoms with Gasteiger partial charge in [-0.05, 0) is 57.8 Å². The van der Waals surface area contributed by atoms with Crippen molar-refractivity contribution >= 4 is 7.82 Å². The Labute approximate surface area is 235 Å². The lowest BCUT2D eigenvalue weighted by atomic mass is 10.2. The predicted octanol–water partition coefficient (Wildman–Crippen LogP) is 6.11. The molecule has 0 spiro atoms. The van der Waals surface area contributed by atoms with E-state index in [2.05, 4.69) is 88.9 Å². The van der Waals surface area contributed by atoms with Crippen LogP contribution in [0, 0.1) is 0 Å². The van der Waals surface area contributed by atoms with Crippen LogP contribution in [0.3, 0.4) is 0 Å². The molecule has 224 valence electrons. The second-order valence-corrected chi connectivity index (χ2v) is 10.3. The fourth-order valence-corrected chi connectivity index (χ4v) is 3.80. The van der Waals surface area contributed by atoms with Gasteiger partial charge >= 0.3 is 7.82 Å². The van der Waals surface area contributed by atoms with Crippen LogP contribution in [0.5, 0.6) is 0 Å². The van der Waals surface area contributed by atoms with Crippen molar-refractivity contribution in [1.29, 1.82) is 0 Å². The van der Waals surface area contributed by atoms with Crippen molar-refractivity contribution in [2.45, 2.75) is 83.3 Å². The SMILES string of the molecule is CC/C=C\C/C=C\C/C=C\C/C=C\C/C=C\C/C=C\CCCCCOCC(O)COP(=O)(O)OCC(O)CO. The van der Waals surface area contributed by atoms with Crippen LogP contribution in [0.25, 0.3) is 0 Å². The van der Waals surface area contributed by atoms with Gasteiger partial charge in [-0.2, -0.15) is 0 Å². The molecule has 0 aromatic carbocycles. The van der Waals surface area contributed by atoms with Crippen molar-refractivity contribution in [2.24, 2.45) is 0 Å². The molecule has 0 aromatic rings. The van der Waals surface area contributed by atoms with Crippen molar-refractivity contribution in [2.75, 3.05) is 33.0 Å². The lowest BCUT2D eigenvalue weighted by Gasteiger charge is -2.16. The zero-order chi connectivity index (χ0) is 28.9. The molecule has 0 aliphatic rings. The Morgan fingerprint density at radius 3 is 1.59 bits per heavy atom. The summed E-state index contributed by atoms with van der Waals surface area (Å²) < 4.78 is 26.1. The van der Waals surface area contributed by atoms with E-state index in [-0.39, 0.29) is 6.61 Å². The van der Waals surface area contributed by atoms with Crippen molar-refractivity contribution < 1.29 is 38.6 Å².